The predicted octanol–water partition coefficient (Wildman–Crippen LogP) is 3.23. The monoisotopic (exact) mass is 396 g/mol. The van der Waals surface area contributed by atoms with Gasteiger partial charge in [0.2, 0.25) is 5.91 Å². The zero-order valence-corrected chi connectivity index (χ0v) is 17.0. The number of Topliss-reactive ketones (excluding diaryl/α,β-unsaturated/α-hetero) is 1. The van der Waals surface area contributed by atoms with Crippen LogP contribution in [0.5, 0.6) is 11.5 Å². The molecule has 0 saturated carbocycles. The second-order valence-corrected chi connectivity index (χ2v) is 7.09. The maximum Gasteiger partial charge on any atom is 0.223 e. The van der Waals surface area contributed by atoms with Crippen molar-refractivity contribution in [2.45, 2.75) is 25.8 Å². The van der Waals surface area contributed by atoms with E-state index in [1.807, 2.05) is 35.2 Å². The number of nitrogens with zero attached hydrogens (tertiary/aromatic N) is 1. The van der Waals surface area contributed by atoms with Crippen LogP contribution in [0.3, 0.4) is 0 Å². The van der Waals surface area contributed by atoms with Crippen LogP contribution in [0.2, 0.25) is 0 Å². The van der Waals surface area contributed by atoms with E-state index >= 15 is 0 Å². The lowest BCUT2D eigenvalue weighted by Gasteiger charge is -2.37. The molecule has 1 atom stereocenters. The average Bonchev–Trinajstić information content (AvgIpc) is 2.76. The molecule has 2 aromatic rings. The van der Waals surface area contributed by atoms with Gasteiger partial charge >= 0.3 is 0 Å². The summed E-state index contributed by atoms with van der Waals surface area (Å²) in [5.74, 6) is 1.57. The highest BCUT2D eigenvalue weighted by molar-refractivity contribution is 5.94. The van der Waals surface area contributed by atoms with Crippen molar-refractivity contribution in [3.8, 4) is 11.5 Å². The van der Waals surface area contributed by atoms with E-state index in [2.05, 4.69) is 5.32 Å². The van der Waals surface area contributed by atoms with Crippen molar-refractivity contribution in [1.29, 1.82) is 0 Å². The molecular weight excluding hydrogens is 368 g/mol. The summed E-state index contributed by atoms with van der Waals surface area (Å²) >= 11 is 0. The Bertz CT molecular complexity index is 852. The fourth-order valence-corrected chi connectivity index (χ4v) is 3.58. The van der Waals surface area contributed by atoms with Crippen LogP contribution in [0.1, 0.15) is 41.7 Å². The molecule has 154 valence electrons. The van der Waals surface area contributed by atoms with E-state index in [-0.39, 0.29) is 17.7 Å². The number of hydrogen-bond donors (Lipinski definition) is 1. The first-order valence-corrected chi connectivity index (χ1v) is 9.97. The van der Waals surface area contributed by atoms with Crippen molar-refractivity contribution >= 4 is 11.7 Å². The van der Waals surface area contributed by atoms with Crippen molar-refractivity contribution < 1.29 is 19.1 Å². The van der Waals surface area contributed by atoms with Gasteiger partial charge < -0.3 is 19.7 Å². The number of piperazine rings is 1. The molecule has 3 rings (SSSR count). The highest BCUT2D eigenvalue weighted by Gasteiger charge is 2.29. The molecule has 1 heterocycles. The predicted molar refractivity (Wildman–Crippen MR) is 111 cm³/mol. The number of carbonyl (C=O) groups excluding carboxylic acids is 2. The summed E-state index contributed by atoms with van der Waals surface area (Å²) in [6.45, 7) is 4.12. The number of hydrogen-bond acceptors (Lipinski definition) is 5. The van der Waals surface area contributed by atoms with Crippen LogP contribution in [0.25, 0.3) is 0 Å². The van der Waals surface area contributed by atoms with Gasteiger partial charge in [-0.15, -0.1) is 0 Å². The van der Waals surface area contributed by atoms with Crippen LogP contribution in [-0.4, -0.2) is 49.9 Å². The molecule has 0 spiro atoms. The van der Waals surface area contributed by atoms with Crippen LogP contribution >= 0.6 is 0 Å². The molecule has 1 fully saturated rings. The first-order valence-electron chi connectivity index (χ1n) is 9.97. The van der Waals surface area contributed by atoms with E-state index in [1.165, 1.54) is 6.92 Å². The van der Waals surface area contributed by atoms with Gasteiger partial charge in [0.1, 0.15) is 11.5 Å². The summed E-state index contributed by atoms with van der Waals surface area (Å²) in [4.78, 5) is 26.3. The SMILES string of the molecule is COc1ccccc1C1CNCCN1C(=O)CCCOc1cccc(C(C)=O)c1. The number of rotatable bonds is 8. The lowest BCUT2D eigenvalue weighted by atomic mass is 10.0. The van der Waals surface area contributed by atoms with Gasteiger partial charge in [-0.3, -0.25) is 9.59 Å². The summed E-state index contributed by atoms with van der Waals surface area (Å²) in [7, 11) is 1.65. The van der Waals surface area contributed by atoms with Crippen LogP contribution in [0, 0.1) is 0 Å². The lowest BCUT2D eigenvalue weighted by molar-refractivity contribution is -0.134. The van der Waals surface area contributed by atoms with Crippen LogP contribution in [0.4, 0.5) is 0 Å². The molecule has 1 amide bonds. The third-order valence-electron chi connectivity index (χ3n) is 5.11. The molecule has 6 heteroatoms. The average molecular weight is 396 g/mol. The van der Waals surface area contributed by atoms with E-state index in [1.54, 1.807) is 25.3 Å². The Labute approximate surface area is 171 Å². The van der Waals surface area contributed by atoms with Gasteiger partial charge in [-0.05, 0) is 31.5 Å². The normalized spacial score (nSPS) is 16.3. The molecule has 0 aliphatic carbocycles. The summed E-state index contributed by atoms with van der Waals surface area (Å²) < 4.78 is 11.2. The van der Waals surface area contributed by atoms with E-state index in [4.69, 9.17) is 9.47 Å². The van der Waals surface area contributed by atoms with Crippen molar-refractivity contribution in [1.82, 2.24) is 10.2 Å². The summed E-state index contributed by atoms with van der Waals surface area (Å²) in [5.41, 5.74) is 1.65. The van der Waals surface area contributed by atoms with Gasteiger partial charge in [-0.25, -0.2) is 0 Å². The fraction of sp³-hybridized carbons (Fsp3) is 0.391. The molecule has 0 aromatic heterocycles. The summed E-state index contributed by atoms with van der Waals surface area (Å²) in [6.07, 6.45) is 1.03. The number of ketones is 1. The topological polar surface area (TPSA) is 67.9 Å². The van der Waals surface area contributed by atoms with Gasteiger partial charge in [0.15, 0.2) is 5.78 Å². The molecular formula is C23H28N2O4. The summed E-state index contributed by atoms with van der Waals surface area (Å²) in [6, 6.07) is 14.9. The Hall–Kier alpha value is -2.86. The Balaban J connectivity index is 1.56. The third kappa shape index (κ3) is 5.35. The number of para-hydroxylation sites is 1. The number of nitrogens with one attached hydrogen (secondary N) is 1. The van der Waals surface area contributed by atoms with E-state index < -0.39 is 0 Å². The molecule has 29 heavy (non-hydrogen) atoms. The largest absolute Gasteiger partial charge is 0.496 e. The second-order valence-electron chi connectivity index (χ2n) is 7.09. The van der Waals surface area contributed by atoms with Crippen LogP contribution < -0.4 is 14.8 Å². The Morgan fingerprint density at radius 3 is 2.79 bits per heavy atom. The molecule has 1 aliphatic heterocycles. The van der Waals surface area contributed by atoms with Gasteiger partial charge in [0.05, 0.1) is 19.8 Å². The zero-order chi connectivity index (χ0) is 20.6. The quantitative estimate of drug-likeness (QED) is 0.548. The van der Waals surface area contributed by atoms with Gasteiger partial charge in [0, 0.05) is 37.2 Å². The molecule has 2 aromatic carbocycles. The maximum absolute atomic E-state index is 12.9. The highest BCUT2D eigenvalue weighted by Crippen LogP contribution is 2.30. The second kappa shape index (κ2) is 10.1. The minimum Gasteiger partial charge on any atom is -0.496 e. The molecule has 6 nitrogen and oxygen atoms in total. The molecule has 0 radical (unpaired) electrons. The molecule has 0 bridgehead atoms. The number of benzene rings is 2. The van der Waals surface area contributed by atoms with Gasteiger partial charge in [-0.1, -0.05) is 30.3 Å². The Kier molecular flexibility index (Phi) is 7.25. The first-order chi connectivity index (χ1) is 14.1. The Morgan fingerprint density at radius 2 is 2.00 bits per heavy atom. The third-order valence-corrected chi connectivity index (χ3v) is 5.11. The fourth-order valence-electron chi connectivity index (χ4n) is 3.58. The first kappa shape index (κ1) is 20.9. The smallest absolute Gasteiger partial charge is 0.223 e. The minimum absolute atomic E-state index is 0.00622. The number of ether oxygens (including phenoxy) is 2. The van der Waals surface area contributed by atoms with Crippen molar-refractivity contribution in [2.24, 2.45) is 0 Å². The minimum atomic E-state index is -0.0411. The van der Waals surface area contributed by atoms with E-state index in [0.717, 1.165) is 17.9 Å². The van der Waals surface area contributed by atoms with Crippen LogP contribution in [-0.2, 0) is 4.79 Å². The van der Waals surface area contributed by atoms with Crippen molar-refractivity contribution in [2.75, 3.05) is 33.4 Å². The summed E-state index contributed by atoms with van der Waals surface area (Å²) in [5, 5.41) is 3.37. The van der Waals surface area contributed by atoms with Crippen molar-refractivity contribution in [3.05, 3.63) is 59.7 Å². The van der Waals surface area contributed by atoms with Gasteiger partial charge in [0.25, 0.3) is 0 Å². The maximum atomic E-state index is 12.9. The number of methoxy groups -OCH3 is 1. The lowest BCUT2D eigenvalue weighted by Crippen LogP contribution is -2.48. The van der Waals surface area contributed by atoms with Gasteiger partial charge in [-0.2, -0.15) is 0 Å². The molecule has 1 unspecified atom stereocenters. The zero-order valence-electron chi connectivity index (χ0n) is 17.0. The molecule has 1 aliphatic rings. The van der Waals surface area contributed by atoms with Crippen LogP contribution in [0.15, 0.2) is 48.5 Å². The van der Waals surface area contributed by atoms with Crippen molar-refractivity contribution in [3.63, 3.8) is 0 Å². The van der Waals surface area contributed by atoms with E-state index in [9.17, 15) is 9.59 Å². The number of carbonyl (C=O) groups is 2. The van der Waals surface area contributed by atoms with E-state index in [0.29, 0.717) is 43.9 Å². The molecule has 1 N–H and O–H groups in total. The molecule has 1 saturated heterocycles. The number of amides is 1. The Morgan fingerprint density at radius 1 is 1.17 bits per heavy atom. The highest BCUT2D eigenvalue weighted by atomic mass is 16.5. The standard InChI is InChI=1S/C23H28N2O4/c1-17(26)18-7-5-8-19(15-18)29-14-6-11-23(27)25-13-12-24-16-21(25)20-9-3-4-10-22(20)28-2/h3-5,7-10,15,21,24H,6,11-14,16H2,1-2H3.